The molecule has 1 saturated carbocycles. The Labute approximate surface area is 113 Å². The molecule has 0 unspecified atom stereocenters. The number of hydrogen-bond acceptors (Lipinski definition) is 3. The summed E-state index contributed by atoms with van der Waals surface area (Å²) in [6.45, 7) is 5.30. The minimum Gasteiger partial charge on any atom is -0.306 e. The van der Waals surface area contributed by atoms with Gasteiger partial charge >= 0.3 is 0 Å². The molecule has 1 aliphatic carbocycles. The zero-order valence-corrected chi connectivity index (χ0v) is 11.5. The third kappa shape index (κ3) is 2.68. The third-order valence-electron chi connectivity index (χ3n) is 3.98. The molecule has 3 rings (SSSR count). The van der Waals surface area contributed by atoms with Gasteiger partial charge in [-0.1, -0.05) is 30.3 Å². The van der Waals surface area contributed by atoms with Crippen LogP contribution in [0.2, 0.25) is 0 Å². The fourth-order valence-corrected chi connectivity index (χ4v) is 2.46. The van der Waals surface area contributed by atoms with Crippen LogP contribution >= 0.6 is 0 Å². The lowest BCUT2D eigenvalue weighted by atomic mass is 9.98. The molecule has 2 aromatic rings. The Morgan fingerprint density at radius 2 is 1.95 bits per heavy atom. The Morgan fingerprint density at radius 1 is 1.21 bits per heavy atom. The van der Waals surface area contributed by atoms with Crippen molar-refractivity contribution >= 4 is 0 Å². The van der Waals surface area contributed by atoms with E-state index >= 15 is 0 Å². The van der Waals surface area contributed by atoms with Gasteiger partial charge in [0.25, 0.3) is 0 Å². The number of nitrogens with zero attached hydrogens (tertiary/aromatic N) is 2. The monoisotopic (exact) mass is 256 g/mol. The van der Waals surface area contributed by atoms with Crippen LogP contribution in [0, 0.1) is 5.92 Å². The summed E-state index contributed by atoms with van der Waals surface area (Å²) < 4.78 is 0. The molecular formula is C15H20N4. The second kappa shape index (κ2) is 4.78. The van der Waals surface area contributed by atoms with E-state index in [0.717, 1.165) is 29.4 Å². The van der Waals surface area contributed by atoms with E-state index in [2.05, 4.69) is 46.7 Å². The first-order valence-corrected chi connectivity index (χ1v) is 6.87. The fraction of sp³-hybridized carbons (Fsp3) is 0.467. The fourth-order valence-electron chi connectivity index (χ4n) is 2.46. The number of hydrogen-bond donors (Lipinski definition) is 2. The molecule has 1 aromatic heterocycles. The highest BCUT2D eigenvalue weighted by molar-refractivity contribution is 5.60. The summed E-state index contributed by atoms with van der Waals surface area (Å²) in [5.74, 6) is 0.805. The van der Waals surface area contributed by atoms with Crippen molar-refractivity contribution in [1.82, 2.24) is 20.7 Å². The molecule has 0 radical (unpaired) electrons. The molecule has 1 fully saturated rings. The molecule has 0 amide bonds. The van der Waals surface area contributed by atoms with Crippen molar-refractivity contribution < 1.29 is 0 Å². The minimum atomic E-state index is 0.187. The number of benzene rings is 1. The molecule has 0 spiro atoms. The van der Waals surface area contributed by atoms with Gasteiger partial charge in [-0.2, -0.15) is 15.4 Å². The predicted molar refractivity (Wildman–Crippen MR) is 75.5 cm³/mol. The van der Waals surface area contributed by atoms with Gasteiger partial charge in [-0.25, -0.2) is 0 Å². The molecule has 1 aromatic carbocycles. The molecule has 0 bridgehead atoms. The van der Waals surface area contributed by atoms with Gasteiger partial charge in [0.05, 0.1) is 0 Å². The maximum absolute atomic E-state index is 4.28. The largest absolute Gasteiger partial charge is 0.306 e. The van der Waals surface area contributed by atoms with Crippen LogP contribution in [0.25, 0.3) is 11.3 Å². The van der Waals surface area contributed by atoms with Crippen LogP contribution in [0.4, 0.5) is 0 Å². The van der Waals surface area contributed by atoms with E-state index in [9.17, 15) is 0 Å². The van der Waals surface area contributed by atoms with Crippen LogP contribution < -0.4 is 5.32 Å². The van der Waals surface area contributed by atoms with Gasteiger partial charge in [-0.05, 0) is 32.6 Å². The first kappa shape index (κ1) is 12.4. The quantitative estimate of drug-likeness (QED) is 0.865. The Balaban J connectivity index is 1.74. The standard InChI is InChI=1S/C15H20N4/c1-15(2,12-8-9-12)16-10-13-14(18-19-17-13)11-6-4-3-5-7-11/h3-7,12,16H,8-10H2,1-2H3,(H,17,18,19). The lowest BCUT2D eigenvalue weighted by molar-refractivity contribution is 0.338. The van der Waals surface area contributed by atoms with Crippen LogP contribution in [-0.4, -0.2) is 20.9 Å². The summed E-state index contributed by atoms with van der Waals surface area (Å²) in [4.78, 5) is 0. The van der Waals surface area contributed by atoms with Gasteiger partial charge < -0.3 is 5.32 Å². The number of aromatic amines is 1. The van der Waals surface area contributed by atoms with Gasteiger partial charge in [0.2, 0.25) is 0 Å². The number of aromatic nitrogens is 3. The molecule has 0 atom stereocenters. The van der Waals surface area contributed by atoms with Gasteiger partial charge in [0, 0.05) is 17.6 Å². The van der Waals surface area contributed by atoms with E-state index in [1.54, 1.807) is 0 Å². The van der Waals surface area contributed by atoms with Gasteiger partial charge in [-0.15, -0.1) is 0 Å². The molecular weight excluding hydrogens is 236 g/mol. The first-order chi connectivity index (χ1) is 9.17. The molecule has 0 aliphatic heterocycles. The average Bonchev–Trinajstić information content (AvgIpc) is 3.18. The third-order valence-corrected chi connectivity index (χ3v) is 3.98. The van der Waals surface area contributed by atoms with Crippen LogP contribution in [0.3, 0.4) is 0 Å². The maximum Gasteiger partial charge on any atom is 0.117 e. The zero-order chi connectivity index (χ0) is 13.3. The molecule has 19 heavy (non-hydrogen) atoms. The Bertz CT molecular complexity index is 540. The molecule has 2 N–H and O–H groups in total. The van der Waals surface area contributed by atoms with Crippen LogP contribution in [0.1, 0.15) is 32.4 Å². The van der Waals surface area contributed by atoms with Crippen molar-refractivity contribution in [3.8, 4) is 11.3 Å². The second-order valence-corrected chi connectivity index (χ2v) is 5.83. The summed E-state index contributed by atoms with van der Waals surface area (Å²) in [6, 6.07) is 10.2. The molecule has 1 aliphatic rings. The van der Waals surface area contributed by atoms with Crippen molar-refractivity contribution in [1.29, 1.82) is 0 Å². The summed E-state index contributed by atoms with van der Waals surface area (Å²) in [7, 11) is 0. The molecule has 1 heterocycles. The van der Waals surface area contributed by atoms with E-state index in [4.69, 9.17) is 0 Å². The van der Waals surface area contributed by atoms with Crippen molar-refractivity contribution in [2.75, 3.05) is 0 Å². The molecule has 4 nitrogen and oxygen atoms in total. The lowest BCUT2D eigenvalue weighted by Gasteiger charge is -2.25. The molecule has 100 valence electrons. The van der Waals surface area contributed by atoms with E-state index in [0.29, 0.717) is 0 Å². The Hall–Kier alpha value is -1.68. The summed E-state index contributed by atoms with van der Waals surface area (Å²) in [6.07, 6.45) is 2.68. The number of rotatable bonds is 5. The van der Waals surface area contributed by atoms with Crippen LogP contribution in [-0.2, 0) is 6.54 Å². The number of H-pyrrole nitrogens is 1. The Morgan fingerprint density at radius 3 is 2.63 bits per heavy atom. The highest BCUT2D eigenvalue weighted by Gasteiger charge is 2.37. The van der Waals surface area contributed by atoms with Crippen molar-refractivity contribution in [3.05, 3.63) is 36.0 Å². The minimum absolute atomic E-state index is 0.187. The van der Waals surface area contributed by atoms with E-state index < -0.39 is 0 Å². The summed E-state index contributed by atoms with van der Waals surface area (Å²) >= 11 is 0. The van der Waals surface area contributed by atoms with Crippen molar-refractivity contribution in [2.24, 2.45) is 5.92 Å². The van der Waals surface area contributed by atoms with Crippen LogP contribution in [0.5, 0.6) is 0 Å². The highest BCUT2D eigenvalue weighted by atomic mass is 15.3. The van der Waals surface area contributed by atoms with E-state index in [1.165, 1.54) is 12.8 Å². The van der Waals surface area contributed by atoms with E-state index in [1.807, 2.05) is 18.2 Å². The maximum atomic E-state index is 4.28. The Kier molecular flexibility index (Phi) is 3.11. The SMILES string of the molecule is CC(C)(NCc1n[nH]nc1-c1ccccc1)C1CC1. The predicted octanol–water partition coefficient (Wildman–Crippen LogP) is 2.75. The normalized spacial score (nSPS) is 15.7. The van der Waals surface area contributed by atoms with Crippen molar-refractivity contribution in [2.45, 2.75) is 38.8 Å². The van der Waals surface area contributed by atoms with Crippen molar-refractivity contribution in [3.63, 3.8) is 0 Å². The highest BCUT2D eigenvalue weighted by Crippen LogP contribution is 2.39. The lowest BCUT2D eigenvalue weighted by Crippen LogP contribution is -2.40. The van der Waals surface area contributed by atoms with Gasteiger partial charge in [-0.3, -0.25) is 0 Å². The first-order valence-electron chi connectivity index (χ1n) is 6.87. The van der Waals surface area contributed by atoms with Gasteiger partial charge in [0.1, 0.15) is 11.4 Å². The van der Waals surface area contributed by atoms with E-state index in [-0.39, 0.29) is 5.54 Å². The summed E-state index contributed by atoms with van der Waals surface area (Å²) in [5.41, 5.74) is 3.23. The average molecular weight is 256 g/mol. The van der Waals surface area contributed by atoms with Gasteiger partial charge in [0.15, 0.2) is 0 Å². The van der Waals surface area contributed by atoms with Crippen LogP contribution in [0.15, 0.2) is 30.3 Å². The molecule has 4 heteroatoms. The number of nitrogens with one attached hydrogen (secondary N) is 2. The molecule has 0 saturated heterocycles. The zero-order valence-electron chi connectivity index (χ0n) is 11.5. The topological polar surface area (TPSA) is 53.6 Å². The second-order valence-electron chi connectivity index (χ2n) is 5.83. The smallest absolute Gasteiger partial charge is 0.117 e. The summed E-state index contributed by atoms with van der Waals surface area (Å²) in [5, 5.41) is 14.9.